The summed E-state index contributed by atoms with van der Waals surface area (Å²) in [5, 5.41) is 6.35. The van der Waals surface area contributed by atoms with Gasteiger partial charge in [-0.05, 0) is 74.4 Å². The molecule has 5 nitrogen and oxygen atoms in total. The Morgan fingerprint density at radius 3 is 2.51 bits per heavy atom. The summed E-state index contributed by atoms with van der Waals surface area (Å²) >= 11 is 3.06. The minimum absolute atomic E-state index is 0.242. The van der Waals surface area contributed by atoms with Gasteiger partial charge in [0.2, 0.25) is 0 Å². The van der Waals surface area contributed by atoms with Crippen molar-refractivity contribution in [2.75, 3.05) is 16.9 Å². The van der Waals surface area contributed by atoms with E-state index in [4.69, 9.17) is 0 Å². The van der Waals surface area contributed by atoms with Crippen molar-refractivity contribution in [2.45, 2.75) is 32.0 Å². The zero-order valence-electron chi connectivity index (χ0n) is 23.0. The predicted octanol–water partition coefficient (Wildman–Crippen LogP) is 8.99. The van der Waals surface area contributed by atoms with Crippen molar-refractivity contribution in [3.05, 3.63) is 120 Å². The van der Waals surface area contributed by atoms with Gasteiger partial charge < -0.3 is 10.6 Å². The lowest BCUT2D eigenvalue weighted by atomic mass is 10.1. The van der Waals surface area contributed by atoms with Crippen molar-refractivity contribution >= 4 is 46.2 Å². The van der Waals surface area contributed by atoms with Gasteiger partial charge in [-0.15, -0.1) is 11.3 Å². The summed E-state index contributed by atoms with van der Waals surface area (Å²) in [5.74, 6) is 0.467. The number of amidine groups is 1. The quantitative estimate of drug-likeness (QED) is 0.114. The molecule has 0 spiro atoms. The maximum atomic E-state index is 13.3. The Labute approximate surface area is 239 Å². The number of nitrogens with one attached hydrogen (secondary N) is 2. The largest absolute Gasteiger partial charge is 0.344 e. The highest BCUT2D eigenvalue weighted by atomic mass is 32.2. The molecular weight excluding hydrogens is 521 g/mol. The minimum atomic E-state index is -0.242. The summed E-state index contributed by atoms with van der Waals surface area (Å²) in [5.41, 5.74) is 6.98. The molecule has 2 aromatic carbocycles. The van der Waals surface area contributed by atoms with E-state index in [2.05, 4.69) is 33.8 Å². The fourth-order valence-electron chi connectivity index (χ4n) is 3.59. The third-order valence-corrected chi connectivity index (χ3v) is 7.85. The van der Waals surface area contributed by atoms with Gasteiger partial charge in [0.1, 0.15) is 11.5 Å². The molecule has 0 atom stereocenters. The van der Waals surface area contributed by atoms with Gasteiger partial charge in [-0.3, -0.25) is 4.79 Å². The molecule has 200 valence electrons. The first-order valence-electron chi connectivity index (χ1n) is 12.4. The van der Waals surface area contributed by atoms with Crippen LogP contribution in [0.5, 0.6) is 0 Å². The second-order valence-electron chi connectivity index (χ2n) is 8.73. The molecule has 1 amide bonds. The molecule has 0 bridgehead atoms. The number of aryl methyl sites for hydroxylation is 2. The molecule has 7 heteroatoms. The van der Waals surface area contributed by atoms with Crippen molar-refractivity contribution in [2.24, 2.45) is 4.99 Å². The second-order valence-corrected chi connectivity index (χ2v) is 10.8. The van der Waals surface area contributed by atoms with Crippen LogP contribution in [0.25, 0.3) is 10.4 Å². The number of allylic oxidation sites excluding steroid dienone is 7. The molecule has 0 radical (unpaired) electrons. The zero-order valence-corrected chi connectivity index (χ0v) is 24.7. The number of thiazole rings is 1. The smallest absolute Gasteiger partial charge is 0.275 e. The van der Waals surface area contributed by atoms with E-state index in [0.29, 0.717) is 17.2 Å². The number of benzene rings is 2. The Morgan fingerprint density at radius 2 is 1.85 bits per heavy atom. The Hall–Kier alpha value is -3.94. The van der Waals surface area contributed by atoms with E-state index in [1.54, 1.807) is 12.3 Å². The van der Waals surface area contributed by atoms with Crippen LogP contribution < -0.4 is 10.6 Å². The van der Waals surface area contributed by atoms with Crippen molar-refractivity contribution in [1.82, 2.24) is 4.98 Å². The van der Waals surface area contributed by atoms with Crippen molar-refractivity contribution in [1.29, 1.82) is 0 Å². The summed E-state index contributed by atoms with van der Waals surface area (Å²) in [7, 11) is 0. The Bertz CT molecular complexity index is 1470. The van der Waals surface area contributed by atoms with Crippen LogP contribution in [0.15, 0.2) is 113 Å². The predicted molar refractivity (Wildman–Crippen MR) is 171 cm³/mol. The highest BCUT2D eigenvalue weighted by Crippen LogP contribution is 2.35. The van der Waals surface area contributed by atoms with Gasteiger partial charge in [0.05, 0.1) is 4.88 Å². The number of thioether (sulfide) groups is 1. The van der Waals surface area contributed by atoms with Crippen LogP contribution in [-0.4, -0.2) is 23.0 Å². The second kappa shape index (κ2) is 14.3. The van der Waals surface area contributed by atoms with Crippen LogP contribution in [0.1, 0.15) is 35.5 Å². The first-order valence-corrected chi connectivity index (χ1v) is 14.5. The average molecular weight is 555 g/mol. The molecule has 0 saturated carbocycles. The molecule has 0 unspecified atom stereocenters. The minimum Gasteiger partial charge on any atom is -0.344 e. The van der Waals surface area contributed by atoms with Gasteiger partial charge in [0.25, 0.3) is 5.91 Å². The van der Waals surface area contributed by atoms with Crippen LogP contribution in [0, 0.1) is 13.8 Å². The first-order chi connectivity index (χ1) is 18.7. The maximum Gasteiger partial charge on any atom is 0.275 e. The SMILES string of the molecule is C=C/C=C\C(=C/C)C(=C)/C=C\N=C(/C)Nc1cc(NC(=O)c2nc(SC)sc2-c2ccc(C)cc2)ccc1C. The van der Waals surface area contributed by atoms with Crippen LogP contribution in [-0.2, 0) is 0 Å². The summed E-state index contributed by atoms with van der Waals surface area (Å²) in [4.78, 5) is 23.3. The van der Waals surface area contributed by atoms with Crippen LogP contribution in [0.3, 0.4) is 0 Å². The lowest BCUT2D eigenvalue weighted by molar-refractivity contribution is 0.102. The number of carbonyl (C=O) groups excluding carboxylic acids is 1. The number of aliphatic imine (C=N–C) groups is 1. The van der Waals surface area contributed by atoms with E-state index in [-0.39, 0.29) is 5.91 Å². The summed E-state index contributed by atoms with van der Waals surface area (Å²) < 4.78 is 0.850. The number of aromatic nitrogens is 1. The number of carbonyl (C=O) groups is 1. The lowest BCUT2D eigenvalue weighted by Gasteiger charge is -2.12. The van der Waals surface area contributed by atoms with E-state index in [9.17, 15) is 4.79 Å². The Balaban J connectivity index is 1.76. The standard InChI is InChI=1S/C32H34N4OS2/c1-8-10-11-25(9-2)22(4)18-19-33-24(6)34-28-20-27(17-14-23(28)5)35-31(37)29-30(39-32(36-29)38-7)26-15-12-21(3)13-16-26/h8-20H,1,4H2,2-3,5-7H3,(H,33,34)(H,35,37)/b11-10-,19-18-,25-9+. The number of rotatable bonds is 10. The molecular formula is C32H34N4OS2. The van der Waals surface area contributed by atoms with Gasteiger partial charge >= 0.3 is 0 Å². The van der Waals surface area contributed by atoms with Crippen molar-refractivity contribution < 1.29 is 4.79 Å². The van der Waals surface area contributed by atoms with Crippen molar-refractivity contribution in [3.8, 4) is 10.4 Å². The van der Waals surface area contributed by atoms with Gasteiger partial charge in [0.15, 0.2) is 4.34 Å². The topological polar surface area (TPSA) is 66.4 Å². The van der Waals surface area contributed by atoms with Crippen LogP contribution >= 0.6 is 23.1 Å². The molecule has 0 aliphatic carbocycles. The summed E-state index contributed by atoms with van der Waals surface area (Å²) in [6.07, 6.45) is 13.1. The lowest BCUT2D eigenvalue weighted by Crippen LogP contribution is -2.14. The molecule has 0 aliphatic rings. The monoisotopic (exact) mass is 554 g/mol. The molecule has 0 fully saturated rings. The van der Waals surface area contributed by atoms with E-state index in [0.717, 1.165) is 37.2 Å². The molecule has 1 aromatic heterocycles. The fraction of sp³-hybridized carbons (Fsp3) is 0.156. The molecule has 3 rings (SSSR count). The van der Waals surface area contributed by atoms with Gasteiger partial charge in [-0.2, -0.15) is 0 Å². The first kappa shape index (κ1) is 29.6. The van der Waals surface area contributed by atoms with E-state index < -0.39 is 0 Å². The van der Waals surface area contributed by atoms with Gasteiger partial charge in [-0.1, -0.05) is 85.1 Å². The number of hydrogen-bond donors (Lipinski definition) is 2. The van der Waals surface area contributed by atoms with Crippen LogP contribution in [0.4, 0.5) is 11.4 Å². The summed E-state index contributed by atoms with van der Waals surface area (Å²) in [6, 6.07) is 13.9. The van der Waals surface area contributed by atoms with Crippen LogP contribution in [0.2, 0.25) is 0 Å². The zero-order chi connectivity index (χ0) is 28.4. The third kappa shape index (κ3) is 8.27. The third-order valence-electron chi connectivity index (χ3n) is 5.76. The molecule has 2 N–H and O–H groups in total. The highest BCUT2D eigenvalue weighted by Gasteiger charge is 2.20. The molecule has 1 heterocycles. The number of nitrogens with zero attached hydrogens (tertiary/aromatic N) is 2. The Kier molecular flexibility index (Phi) is 10.8. The molecule has 0 saturated heterocycles. The molecule has 39 heavy (non-hydrogen) atoms. The summed E-state index contributed by atoms with van der Waals surface area (Å²) in [6.45, 7) is 15.7. The van der Waals surface area contributed by atoms with Crippen molar-refractivity contribution in [3.63, 3.8) is 0 Å². The van der Waals surface area contributed by atoms with E-state index >= 15 is 0 Å². The van der Waals surface area contributed by atoms with E-state index in [1.165, 1.54) is 28.7 Å². The molecule has 0 aliphatic heterocycles. The van der Waals surface area contributed by atoms with E-state index in [1.807, 2.05) is 101 Å². The fourth-order valence-corrected chi connectivity index (χ4v) is 5.16. The number of anilines is 2. The maximum absolute atomic E-state index is 13.3. The Morgan fingerprint density at radius 1 is 1.10 bits per heavy atom. The molecule has 3 aromatic rings. The number of amides is 1. The van der Waals surface area contributed by atoms with Gasteiger partial charge in [0, 0.05) is 17.6 Å². The van der Waals surface area contributed by atoms with Gasteiger partial charge in [-0.25, -0.2) is 9.98 Å². The average Bonchev–Trinajstić information content (AvgIpc) is 3.36. The normalized spacial score (nSPS) is 12.2. The highest BCUT2D eigenvalue weighted by molar-refractivity contribution is 8.00. The number of hydrogen-bond acceptors (Lipinski definition) is 5.